The molecule has 0 bridgehead atoms. The summed E-state index contributed by atoms with van der Waals surface area (Å²) in [4.78, 5) is 37.8. The van der Waals surface area contributed by atoms with E-state index in [1.807, 2.05) is 32.9 Å². The normalized spacial score (nSPS) is 12.5. The van der Waals surface area contributed by atoms with Crippen LogP contribution in [0, 0.1) is 20.8 Å². The van der Waals surface area contributed by atoms with E-state index >= 15 is 0 Å². The highest BCUT2D eigenvalue weighted by molar-refractivity contribution is 6.01. The van der Waals surface area contributed by atoms with Gasteiger partial charge in [-0.3, -0.25) is 14.4 Å². The Hall–Kier alpha value is -3.35. The second-order valence-electron chi connectivity index (χ2n) is 7.03. The number of carbonyl (C=O) groups is 3. The van der Waals surface area contributed by atoms with Gasteiger partial charge in [-0.1, -0.05) is 17.7 Å². The number of nitrogens with zero attached hydrogens (tertiary/aromatic N) is 1. The van der Waals surface area contributed by atoms with E-state index in [0.717, 1.165) is 22.4 Å². The smallest absolute Gasteiger partial charge is 0.262 e. The molecule has 0 radical (unpaired) electrons. The standard InChI is InChI=1S/C21H23N3O4/c1-12-7-13(2)20(14(3)8-12)23-18(25)10-24(4)21(27)15-5-6-16-17(9-15)28-11-19(26)22-16/h5-9H,10-11H2,1-4H3,(H,22,26)(H,23,25). The number of aryl methyl sites for hydroxylation is 3. The number of fused-ring (bicyclic) bond motifs is 1. The molecular formula is C21H23N3O4. The Labute approximate surface area is 163 Å². The minimum absolute atomic E-state index is 0.0831. The zero-order valence-electron chi connectivity index (χ0n) is 16.4. The van der Waals surface area contributed by atoms with Crippen LogP contribution >= 0.6 is 0 Å². The summed E-state index contributed by atoms with van der Waals surface area (Å²) < 4.78 is 5.34. The molecule has 3 amide bonds. The molecule has 0 spiro atoms. The first-order valence-electron chi connectivity index (χ1n) is 8.94. The van der Waals surface area contributed by atoms with Gasteiger partial charge in [-0.15, -0.1) is 0 Å². The van der Waals surface area contributed by atoms with Crippen molar-refractivity contribution < 1.29 is 19.1 Å². The molecule has 0 saturated carbocycles. The number of anilines is 2. The third-order valence-electron chi connectivity index (χ3n) is 4.53. The van der Waals surface area contributed by atoms with Crippen molar-refractivity contribution in [3.63, 3.8) is 0 Å². The van der Waals surface area contributed by atoms with Gasteiger partial charge in [0.15, 0.2) is 6.61 Å². The lowest BCUT2D eigenvalue weighted by molar-refractivity contribution is -0.118. The van der Waals surface area contributed by atoms with E-state index in [-0.39, 0.29) is 30.9 Å². The molecule has 1 heterocycles. The van der Waals surface area contributed by atoms with Crippen molar-refractivity contribution >= 4 is 29.1 Å². The highest BCUT2D eigenvalue weighted by Gasteiger charge is 2.21. The quantitative estimate of drug-likeness (QED) is 0.852. The third kappa shape index (κ3) is 4.14. The molecule has 1 aliphatic rings. The molecule has 0 atom stereocenters. The first-order chi connectivity index (χ1) is 13.2. The van der Waals surface area contributed by atoms with Gasteiger partial charge in [-0.2, -0.15) is 0 Å². The van der Waals surface area contributed by atoms with Gasteiger partial charge in [-0.25, -0.2) is 0 Å². The Morgan fingerprint density at radius 2 is 1.82 bits per heavy atom. The molecule has 7 nitrogen and oxygen atoms in total. The summed E-state index contributed by atoms with van der Waals surface area (Å²) in [6.07, 6.45) is 0. The van der Waals surface area contributed by atoms with Crippen molar-refractivity contribution in [2.24, 2.45) is 0 Å². The van der Waals surface area contributed by atoms with Crippen LogP contribution in [-0.4, -0.2) is 42.8 Å². The topological polar surface area (TPSA) is 87.7 Å². The van der Waals surface area contributed by atoms with Crippen LogP contribution in [0.15, 0.2) is 30.3 Å². The van der Waals surface area contributed by atoms with Crippen LogP contribution in [0.5, 0.6) is 5.75 Å². The fourth-order valence-corrected chi connectivity index (χ4v) is 3.27. The molecule has 2 aromatic carbocycles. The van der Waals surface area contributed by atoms with Crippen molar-refractivity contribution in [1.82, 2.24) is 4.90 Å². The summed E-state index contributed by atoms with van der Waals surface area (Å²) in [6, 6.07) is 8.79. The predicted molar refractivity (Wildman–Crippen MR) is 107 cm³/mol. The minimum Gasteiger partial charge on any atom is -0.482 e. The van der Waals surface area contributed by atoms with Gasteiger partial charge in [-0.05, 0) is 50.1 Å². The number of hydrogen-bond donors (Lipinski definition) is 2. The average Bonchev–Trinajstić information content (AvgIpc) is 2.63. The fraction of sp³-hybridized carbons (Fsp3) is 0.286. The molecule has 3 rings (SSSR count). The van der Waals surface area contributed by atoms with Crippen LogP contribution in [0.25, 0.3) is 0 Å². The lowest BCUT2D eigenvalue weighted by atomic mass is 10.1. The number of nitrogens with one attached hydrogen (secondary N) is 2. The molecule has 28 heavy (non-hydrogen) atoms. The monoisotopic (exact) mass is 381 g/mol. The molecule has 7 heteroatoms. The summed E-state index contributed by atoms with van der Waals surface area (Å²) in [5.74, 6) is -0.376. The van der Waals surface area contributed by atoms with Crippen molar-refractivity contribution in [2.45, 2.75) is 20.8 Å². The summed E-state index contributed by atoms with van der Waals surface area (Å²) in [7, 11) is 1.57. The van der Waals surface area contributed by atoms with Crippen molar-refractivity contribution in [3.8, 4) is 5.75 Å². The Bertz CT molecular complexity index is 945. The van der Waals surface area contributed by atoms with Crippen LogP contribution in [0.4, 0.5) is 11.4 Å². The van der Waals surface area contributed by atoms with Crippen LogP contribution in [0.2, 0.25) is 0 Å². The Kier molecular flexibility index (Phi) is 5.35. The van der Waals surface area contributed by atoms with Gasteiger partial charge >= 0.3 is 0 Å². The number of ether oxygens (including phenoxy) is 1. The number of likely N-dealkylation sites (N-methyl/N-ethyl adjacent to an activating group) is 1. The summed E-state index contributed by atoms with van der Waals surface area (Å²) >= 11 is 0. The number of carbonyl (C=O) groups excluding carboxylic acids is 3. The van der Waals surface area contributed by atoms with E-state index in [9.17, 15) is 14.4 Å². The summed E-state index contributed by atoms with van der Waals surface area (Å²) in [6.45, 7) is 5.72. The molecule has 2 aromatic rings. The molecular weight excluding hydrogens is 358 g/mol. The van der Waals surface area contributed by atoms with Crippen molar-refractivity contribution in [1.29, 1.82) is 0 Å². The molecule has 0 aliphatic carbocycles. The largest absolute Gasteiger partial charge is 0.482 e. The van der Waals surface area contributed by atoms with E-state index in [0.29, 0.717) is 17.0 Å². The number of amides is 3. The van der Waals surface area contributed by atoms with Gasteiger partial charge in [0, 0.05) is 18.3 Å². The zero-order valence-corrected chi connectivity index (χ0v) is 16.4. The average molecular weight is 381 g/mol. The van der Waals surface area contributed by atoms with Crippen LogP contribution in [0.1, 0.15) is 27.0 Å². The van der Waals surface area contributed by atoms with Gasteiger partial charge in [0.25, 0.3) is 11.8 Å². The SMILES string of the molecule is Cc1cc(C)c(NC(=O)CN(C)C(=O)c2ccc3c(c2)OCC(=O)N3)c(C)c1. The van der Waals surface area contributed by atoms with Crippen LogP contribution in [-0.2, 0) is 9.59 Å². The first-order valence-corrected chi connectivity index (χ1v) is 8.94. The van der Waals surface area contributed by atoms with Crippen molar-refractivity contribution in [3.05, 3.63) is 52.6 Å². The first kappa shape index (κ1) is 19.4. The number of benzene rings is 2. The minimum atomic E-state index is -0.309. The van der Waals surface area contributed by atoms with Gasteiger partial charge in [0.05, 0.1) is 12.2 Å². The van der Waals surface area contributed by atoms with E-state index < -0.39 is 0 Å². The Morgan fingerprint density at radius 1 is 1.14 bits per heavy atom. The molecule has 1 aliphatic heterocycles. The van der Waals surface area contributed by atoms with E-state index in [2.05, 4.69) is 10.6 Å². The third-order valence-corrected chi connectivity index (χ3v) is 4.53. The zero-order chi connectivity index (χ0) is 20.4. The maximum Gasteiger partial charge on any atom is 0.262 e. The molecule has 0 unspecified atom stereocenters. The fourth-order valence-electron chi connectivity index (χ4n) is 3.27. The molecule has 2 N–H and O–H groups in total. The van der Waals surface area contributed by atoms with Crippen LogP contribution < -0.4 is 15.4 Å². The second-order valence-corrected chi connectivity index (χ2v) is 7.03. The van der Waals surface area contributed by atoms with E-state index in [4.69, 9.17) is 4.74 Å². The number of rotatable bonds is 4. The van der Waals surface area contributed by atoms with Gasteiger partial charge in [0.1, 0.15) is 5.75 Å². The second kappa shape index (κ2) is 7.72. The van der Waals surface area contributed by atoms with Crippen LogP contribution in [0.3, 0.4) is 0 Å². The lowest BCUT2D eigenvalue weighted by Crippen LogP contribution is -2.35. The molecule has 0 saturated heterocycles. The highest BCUT2D eigenvalue weighted by atomic mass is 16.5. The summed E-state index contributed by atoms with van der Waals surface area (Å²) in [5, 5.41) is 5.57. The Balaban J connectivity index is 1.67. The molecule has 0 aromatic heterocycles. The number of hydrogen-bond acceptors (Lipinski definition) is 4. The lowest BCUT2D eigenvalue weighted by Gasteiger charge is -2.21. The highest BCUT2D eigenvalue weighted by Crippen LogP contribution is 2.29. The van der Waals surface area contributed by atoms with Gasteiger partial charge in [0.2, 0.25) is 5.91 Å². The van der Waals surface area contributed by atoms with Crippen molar-refractivity contribution in [2.75, 3.05) is 30.8 Å². The molecule has 0 fully saturated rings. The maximum atomic E-state index is 12.7. The van der Waals surface area contributed by atoms with E-state index in [1.54, 1.807) is 25.2 Å². The van der Waals surface area contributed by atoms with Gasteiger partial charge < -0.3 is 20.3 Å². The Morgan fingerprint density at radius 3 is 2.50 bits per heavy atom. The van der Waals surface area contributed by atoms with E-state index in [1.165, 1.54) is 4.90 Å². The summed E-state index contributed by atoms with van der Waals surface area (Å²) in [5.41, 5.74) is 4.77. The molecule has 146 valence electrons. The maximum absolute atomic E-state index is 12.7. The predicted octanol–water partition coefficient (Wildman–Crippen LogP) is 2.65.